The Hall–Kier alpha value is -2.20. The number of benzene rings is 2. The molecule has 0 aromatic heterocycles. The zero-order valence-electron chi connectivity index (χ0n) is 16.8. The van der Waals surface area contributed by atoms with Gasteiger partial charge in [-0.25, -0.2) is 0 Å². The van der Waals surface area contributed by atoms with Gasteiger partial charge in [-0.2, -0.15) is 0 Å². The van der Waals surface area contributed by atoms with E-state index in [0.717, 1.165) is 49.8 Å². The number of methoxy groups -OCH3 is 1. The SMILES string of the molecule is CCCCCCCOc1ccc(NCCNCc2ccc(OC)cc2)cc1. The van der Waals surface area contributed by atoms with Gasteiger partial charge in [-0.1, -0.05) is 44.7 Å². The molecule has 4 nitrogen and oxygen atoms in total. The number of hydrogen-bond acceptors (Lipinski definition) is 4. The molecule has 2 N–H and O–H groups in total. The Morgan fingerprint density at radius 1 is 0.778 bits per heavy atom. The van der Waals surface area contributed by atoms with Crippen molar-refractivity contribution in [1.82, 2.24) is 5.32 Å². The fourth-order valence-corrected chi connectivity index (χ4v) is 2.84. The molecule has 0 heterocycles. The summed E-state index contributed by atoms with van der Waals surface area (Å²) in [4.78, 5) is 0. The van der Waals surface area contributed by atoms with Crippen molar-refractivity contribution in [2.45, 2.75) is 45.6 Å². The van der Waals surface area contributed by atoms with Crippen LogP contribution in [0.5, 0.6) is 11.5 Å². The average Bonchev–Trinajstić information content (AvgIpc) is 2.72. The van der Waals surface area contributed by atoms with E-state index in [1.54, 1.807) is 7.11 Å². The third-order valence-electron chi connectivity index (χ3n) is 4.49. The Morgan fingerprint density at radius 3 is 2.19 bits per heavy atom. The summed E-state index contributed by atoms with van der Waals surface area (Å²) in [5, 5.41) is 6.87. The smallest absolute Gasteiger partial charge is 0.119 e. The molecule has 0 fully saturated rings. The van der Waals surface area contributed by atoms with Gasteiger partial charge in [-0.15, -0.1) is 0 Å². The van der Waals surface area contributed by atoms with Crippen LogP contribution in [-0.4, -0.2) is 26.8 Å². The Kier molecular flexibility index (Phi) is 10.2. The molecule has 0 amide bonds. The first-order valence-corrected chi connectivity index (χ1v) is 10.1. The van der Waals surface area contributed by atoms with Crippen LogP contribution in [0.25, 0.3) is 0 Å². The van der Waals surface area contributed by atoms with Crippen molar-refractivity contribution in [2.24, 2.45) is 0 Å². The van der Waals surface area contributed by atoms with Crippen LogP contribution < -0.4 is 20.1 Å². The number of nitrogens with one attached hydrogen (secondary N) is 2. The molecule has 0 bridgehead atoms. The Balaban J connectivity index is 1.55. The molecule has 0 aliphatic rings. The summed E-state index contributed by atoms with van der Waals surface area (Å²) in [6.45, 7) is 5.70. The summed E-state index contributed by atoms with van der Waals surface area (Å²) in [6, 6.07) is 16.4. The molecule has 2 aromatic carbocycles. The lowest BCUT2D eigenvalue weighted by Crippen LogP contribution is -2.21. The zero-order valence-corrected chi connectivity index (χ0v) is 16.8. The Morgan fingerprint density at radius 2 is 1.48 bits per heavy atom. The fraction of sp³-hybridized carbons (Fsp3) is 0.478. The van der Waals surface area contributed by atoms with Gasteiger partial charge in [-0.05, 0) is 48.4 Å². The van der Waals surface area contributed by atoms with E-state index in [2.05, 4.69) is 41.8 Å². The molecule has 0 spiro atoms. The van der Waals surface area contributed by atoms with Gasteiger partial charge in [-0.3, -0.25) is 0 Å². The predicted octanol–water partition coefficient (Wildman–Crippen LogP) is 5.25. The van der Waals surface area contributed by atoms with Crippen molar-refractivity contribution in [2.75, 3.05) is 32.1 Å². The molecule has 27 heavy (non-hydrogen) atoms. The second-order valence-electron chi connectivity index (χ2n) is 6.74. The van der Waals surface area contributed by atoms with Crippen molar-refractivity contribution < 1.29 is 9.47 Å². The standard InChI is InChI=1S/C23H34N2O2/c1-3-4-5-6-7-18-27-23-14-10-21(11-15-23)25-17-16-24-19-20-8-12-22(26-2)13-9-20/h8-15,24-25H,3-7,16-19H2,1-2H3. The van der Waals surface area contributed by atoms with E-state index < -0.39 is 0 Å². The molecular formula is C23H34N2O2. The van der Waals surface area contributed by atoms with Crippen molar-refractivity contribution >= 4 is 5.69 Å². The highest BCUT2D eigenvalue weighted by atomic mass is 16.5. The Bertz CT molecular complexity index is 611. The molecule has 0 aliphatic carbocycles. The van der Waals surface area contributed by atoms with E-state index in [1.165, 1.54) is 31.2 Å². The van der Waals surface area contributed by atoms with Crippen LogP contribution in [0.4, 0.5) is 5.69 Å². The molecule has 2 rings (SSSR count). The normalized spacial score (nSPS) is 10.6. The van der Waals surface area contributed by atoms with Gasteiger partial charge in [0.1, 0.15) is 11.5 Å². The third-order valence-corrected chi connectivity index (χ3v) is 4.49. The number of rotatable bonds is 14. The van der Waals surface area contributed by atoms with Crippen LogP contribution in [0.15, 0.2) is 48.5 Å². The average molecular weight is 371 g/mol. The summed E-state index contributed by atoms with van der Waals surface area (Å²) in [7, 11) is 1.69. The minimum Gasteiger partial charge on any atom is -0.497 e. The summed E-state index contributed by atoms with van der Waals surface area (Å²) >= 11 is 0. The lowest BCUT2D eigenvalue weighted by Gasteiger charge is -2.10. The number of unbranched alkanes of at least 4 members (excludes halogenated alkanes) is 4. The minimum absolute atomic E-state index is 0.811. The van der Waals surface area contributed by atoms with Gasteiger partial charge < -0.3 is 20.1 Å². The van der Waals surface area contributed by atoms with Gasteiger partial charge in [0.15, 0.2) is 0 Å². The van der Waals surface area contributed by atoms with E-state index in [1.807, 2.05) is 24.3 Å². The monoisotopic (exact) mass is 370 g/mol. The van der Waals surface area contributed by atoms with Gasteiger partial charge in [0, 0.05) is 25.3 Å². The lowest BCUT2D eigenvalue weighted by molar-refractivity contribution is 0.304. The van der Waals surface area contributed by atoms with Crippen LogP contribution in [0.3, 0.4) is 0 Å². The fourth-order valence-electron chi connectivity index (χ4n) is 2.84. The number of hydrogen-bond donors (Lipinski definition) is 2. The van der Waals surface area contributed by atoms with Crippen LogP contribution >= 0.6 is 0 Å². The first kappa shape index (κ1) is 21.1. The van der Waals surface area contributed by atoms with E-state index in [4.69, 9.17) is 9.47 Å². The van der Waals surface area contributed by atoms with E-state index in [0.29, 0.717) is 0 Å². The topological polar surface area (TPSA) is 42.5 Å². The van der Waals surface area contributed by atoms with Crippen molar-refractivity contribution in [3.05, 3.63) is 54.1 Å². The maximum atomic E-state index is 5.80. The van der Waals surface area contributed by atoms with Crippen LogP contribution in [0.2, 0.25) is 0 Å². The van der Waals surface area contributed by atoms with Gasteiger partial charge in [0.25, 0.3) is 0 Å². The van der Waals surface area contributed by atoms with Crippen LogP contribution in [-0.2, 0) is 6.54 Å². The van der Waals surface area contributed by atoms with Crippen LogP contribution in [0.1, 0.15) is 44.6 Å². The molecule has 0 unspecified atom stereocenters. The van der Waals surface area contributed by atoms with Gasteiger partial charge in [0.2, 0.25) is 0 Å². The largest absolute Gasteiger partial charge is 0.497 e. The number of anilines is 1. The molecule has 0 aliphatic heterocycles. The number of ether oxygens (including phenoxy) is 2. The molecule has 0 radical (unpaired) electrons. The highest BCUT2D eigenvalue weighted by Gasteiger charge is 1.97. The highest BCUT2D eigenvalue weighted by Crippen LogP contribution is 2.16. The highest BCUT2D eigenvalue weighted by molar-refractivity contribution is 5.46. The molecule has 0 saturated carbocycles. The maximum Gasteiger partial charge on any atom is 0.119 e. The zero-order chi connectivity index (χ0) is 19.2. The summed E-state index contributed by atoms with van der Waals surface area (Å²) in [5.74, 6) is 1.85. The van der Waals surface area contributed by atoms with Crippen molar-refractivity contribution in [3.63, 3.8) is 0 Å². The second-order valence-corrected chi connectivity index (χ2v) is 6.74. The minimum atomic E-state index is 0.811. The molecule has 0 atom stereocenters. The van der Waals surface area contributed by atoms with Crippen molar-refractivity contribution in [3.8, 4) is 11.5 Å². The van der Waals surface area contributed by atoms with Gasteiger partial charge >= 0.3 is 0 Å². The molecular weight excluding hydrogens is 336 g/mol. The van der Waals surface area contributed by atoms with E-state index >= 15 is 0 Å². The second kappa shape index (κ2) is 13.0. The Labute approximate surface area is 164 Å². The predicted molar refractivity (Wildman–Crippen MR) is 114 cm³/mol. The molecule has 2 aromatic rings. The van der Waals surface area contributed by atoms with Crippen LogP contribution in [0, 0.1) is 0 Å². The maximum absolute atomic E-state index is 5.80. The molecule has 148 valence electrons. The first-order chi connectivity index (χ1) is 13.3. The quantitative estimate of drug-likeness (QED) is 0.446. The lowest BCUT2D eigenvalue weighted by atomic mass is 10.2. The van der Waals surface area contributed by atoms with E-state index in [-0.39, 0.29) is 0 Å². The summed E-state index contributed by atoms with van der Waals surface area (Å²) in [6.07, 6.45) is 6.33. The summed E-state index contributed by atoms with van der Waals surface area (Å²) in [5.41, 5.74) is 2.38. The third kappa shape index (κ3) is 8.83. The first-order valence-electron chi connectivity index (χ1n) is 10.1. The molecule has 0 saturated heterocycles. The molecule has 4 heteroatoms. The van der Waals surface area contributed by atoms with Crippen molar-refractivity contribution in [1.29, 1.82) is 0 Å². The van der Waals surface area contributed by atoms with E-state index in [9.17, 15) is 0 Å². The van der Waals surface area contributed by atoms with Gasteiger partial charge in [0.05, 0.1) is 13.7 Å². The summed E-state index contributed by atoms with van der Waals surface area (Å²) < 4.78 is 11.0.